The van der Waals surface area contributed by atoms with Gasteiger partial charge in [0.2, 0.25) is 11.3 Å². The molecule has 0 atom stereocenters. The molecular formula is C24H19NO5. The Hall–Kier alpha value is -4.06. The predicted octanol–water partition coefficient (Wildman–Crippen LogP) is 4.62. The van der Waals surface area contributed by atoms with E-state index in [1.807, 2.05) is 6.07 Å². The van der Waals surface area contributed by atoms with Gasteiger partial charge in [-0.3, -0.25) is 9.59 Å². The van der Waals surface area contributed by atoms with Crippen molar-refractivity contribution in [3.05, 3.63) is 82.5 Å². The summed E-state index contributed by atoms with van der Waals surface area (Å²) in [6.07, 6.45) is 3.03. The standard InChI is InChI=1S/C24H19NO5/c1-28-17-9-11-20(29-2)15(13-17)7-12-23(26)25-16-8-10-22-19(14-16)24(27)18-5-3-4-6-21(18)30-22/h3-14H,1-2H3,(H,25,26)/b12-7+. The molecule has 0 saturated heterocycles. The van der Waals surface area contributed by atoms with Crippen LogP contribution in [0.4, 0.5) is 5.69 Å². The van der Waals surface area contributed by atoms with Crippen LogP contribution in [0.25, 0.3) is 28.0 Å². The Morgan fingerprint density at radius 2 is 1.73 bits per heavy atom. The molecule has 1 amide bonds. The zero-order valence-corrected chi connectivity index (χ0v) is 16.5. The van der Waals surface area contributed by atoms with Crippen LogP contribution in [-0.2, 0) is 4.79 Å². The quantitative estimate of drug-likeness (QED) is 0.390. The van der Waals surface area contributed by atoms with Crippen LogP contribution in [-0.4, -0.2) is 20.1 Å². The number of nitrogens with one attached hydrogen (secondary N) is 1. The Kier molecular flexibility index (Phi) is 5.22. The largest absolute Gasteiger partial charge is 0.497 e. The van der Waals surface area contributed by atoms with Gasteiger partial charge in [-0.2, -0.15) is 0 Å². The molecule has 0 aliphatic rings. The average molecular weight is 401 g/mol. The zero-order chi connectivity index (χ0) is 21.1. The fraction of sp³-hybridized carbons (Fsp3) is 0.0833. The summed E-state index contributed by atoms with van der Waals surface area (Å²) < 4.78 is 16.3. The molecule has 1 aromatic heterocycles. The van der Waals surface area contributed by atoms with E-state index in [0.717, 1.165) is 0 Å². The second kappa shape index (κ2) is 8.13. The van der Waals surface area contributed by atoms with Crippen molar-refractivity contribution in [2.45, 2.75) is 0 Å². The molecule has 30 heavy (non-hydrogen) atoms. The summed E-state index contributed by atoms with van der Waals surface area (Å²) in [7, 11) is 3.13. The third-order valence-corrected chi connectivity index (χ3v) is 4.69. The molecule has 1 heterocycles. The molecule has 0 aliphatic carbocycles. The number of para-hydroxylation sites is 1. The molecule has 0 radical (unpaired) electrons. The van der Waals surface area contributed by atoms with Gasteiger partial charge in [0.05, 0.1) is 25.0 Å². The topological polar surface area (TPSA) is 77.8 Å². The molecule has 6 nitrogen and oxygen atoms in total. The molecule has 0 spiro atoms. The SMILES string of the molecule is COc1ccc(OC)c(/C=C/C(=O)Nc2ccc3oc4ccccc4c(=O)c3c2)c1. The van der Waals surface area contributed by atoms with Gasteiger partial charge in [-0.25, -0.2) is 0 Å². The first kappa shape index (κ1) is 19.3. The van der Waals surface area contributed by atoms with Crippen LogP contribution in [0, 0.1) is 0 Å². The van der Waals surface area contributed by atoms with E-state index in [1.165, 1.54) is 6.08 Å². The monoisotopic (exact) mass is 401 g/mol. The van der Waals surface area contributed by atoms with Gasteiger partial charge < -0.3 is 19.2 Å². The van der Waals surface area contributed by atoms with E-state index >= 15 is 0 Å². The maximum absolute atomic E-state index is 12.8. The van der Waals surface area contributed by atoms with Crippen LogP contribution >= 0.6 is 0 Å². The van der Waals surface area contributed by atoms with Crippen molar-refractivity contribution in [1.82, 2.24) is 0 Å². The van der Waals surface area contributed by atoms with Crippen LogP contribution < -0.4 is 20.2 Å². The maximum Gasteiger partial charge on any atom is 0.248 e. The Balaban J connectivity index is 1.60. The number of ether oxygens (including phenoxy) is 2. The molecule has 4 rings (SSSR count). The lowest BCUT2D eigenvalue weighted by atomic mass is 10.1. The van der Waals surface area contributed by atoms with Crippen LogP contribution in [0.15, 0.2) is 76.0 Å². The lowest BCUT2D eigenvalue weighted by Crippen LogP contribution is -2.09. The molecular weight excluding hydrogens is 382 g/mol. The highest BCUT2D eigenvalue weighted by Crippen LogP contribution is 2.25. The van der Waals surface area contributed by atoms with E-state index in [9.17, 15) is 9.59 Å². The van der Waals surface area contributed by atoms with Gasteiger partial charge >= 0.3 is 0 Å². The smallest absolute Gasteiger partial charge is 0.248 e. The fourth-order valence-electron chi connectivity index (χ4n) is 3.20. The number of rotatable bonds is 5. The molecule has 4 aromatic rings. The zero-order valence-electron chi connectivity index (χ0n) is 16.5. The van der Waals surface area contributed by atoms with Gasteiger partial charge in [0.1, 0.15) is 22.7 Å². The summed E-state index contributed by atoms with van der Waals surface area (Å²) >= 11 is 0. The lowest BCUT2D eigenvalue weighted by Gasteiger charge is -2.07. The number of carbonyl (C=O) groups excluding carboxylic acids is 1. The molecule has 0 fully saturated rings. The molecule has 1 N–H and O–H groups in total. The molecule has 0 aliphatic heterocycles. The van der Waals surface area contributed by atoms with Gasteiger partial charge in [-0.1, -0.05) is 12.1 Å². The second-order valence-electron chi connectivity index (χ2n) is 6.57. The maximum atomic E-state index is 12.8. The number of methoxy groups -OCH3 is 2. The summed E-state index contributed by atoms with van der Waals surface area (Å²) in [6.45, 7) is 0. The van der Waals surface area contributed by atoms with Crippen LogP contribution in [0.3, 0.4) is 0 Å². The number of benzene rings is 3. The van der Waals surface area contributed by atoms with Crippen molar-refractivity contribution in [3.63, 3.8) is 0 Å². The Morgan fingerprint density at radius 3 is 2.53 bits per heavy atom. The van der Waals surface area contributed by atoms with E-state index in [1.54, 1.807) is 74.9 Å². The van der Waals surface area contributed by atoms with Crippen LogP contribution in [0.2, 0.25) is 0 Å². The van der Waals surface area contributed by atoms with Crippen molar-refractivity contribution >= 4 is 39.6 Å². The van der Waals surface area contributed by atoms with Crippen molar-refractivity contribution < 1.29 is 18.7 Å². The van der Waals surface area contributed by atoms with E-state index < -0.39 is 0 Å². The van der Waals surface area contributed by atoms with Crippen molar-refractivity contribution in [1.29, 1.82) is 0 Å². The fourth-order valence-corrected chi connectivity index (χ4v) is 3.20. The first-order valence-corrected chi connectivity index (χ1v) is 9.26. The normalized spacial score (nSPS) is 11.1. The van der Waals surface area contributed by atoms with Gasteiger partial charge in [-0.15, -0.1) is 0 Å². The summed E-state index contributed by atoms with van der Waals surface area (Å²) in [5.41, 5.74) is 2.06. The van der Waals surface area contributed by atoms with Crippen molar-refractivity contribution in [3.8, 4) is 11.5 Å². The molecule has 3 aromatic carbocycles. The number of hydrogen-bond acceptors (Lipinski definition) is 5. The number of anilines is 1. The Morgan fingerprint density at radius 1 is 0.933 bits per heavy atom. The van der Waals surface area contributed by atoms with Crippen molar-refractivity contribution in [2.75, 3.05) is 19.5 Å². The van der Waals surface area contributed by atoms with E-state index in [2.05, 4.69) is 5.32 Å². The van der Waals surface area contributed by atoms with E-state index in [-0.39, 0.29) is 11.3 Å². The van der Waals surface area contributed by atoms with Crippen LogP contribution in [0.1, 0.15) is 5.56 Å². The number of hydrogen-bond donors (Lipinski definition) is 1. The number of fused-ring (bicyclic) bond motifs is 2. The predicted molar refractivity (Wildman–Crippen MR) is 117 cm³/mol. The van der Waals surface area contributed by atoms with Gasteiger partial charge in [-0.05, 0) is 54.6 Å². The lowest BCUT2D eigenvalue weighted by molar-refractivity contribution is -0.111. The van der Waals surface area contributed by atoms with Crippen molar-refractivity contribution in [2.24, 2.45) is 0 Å². The first-order valence-electron chi connectivity index (χ1n) is 9.26. The highest BCUT2D eigenvalue weighted by molar-refractivity contribution is 6.03. The van der Waals surface area contributed by atoms with Gasteiger partial charge in [0.15, 0.2) is 0 Å². The average Bonchev–Trinajstić information content (AvgIpc) is 2.78. The summed E-state index contributed by atoms with van der Waals surface area (Å²) in [4.78, 5) is 25.2. The second-order valence-corrected chi connectivity index (χ2v) is 6.57. The molecule has 150 valence electrons. The highest BCUT2D eigenvalue weighted by atomic mass is 16.5. The molecule has 0 bridgehead atoms. The molecule has 6 heteroatoms. The summed E-state index contributed by atoms with van der Waals surface area (Å²) in [5, 5.41) is 3.67. The van der Waals surface area contributed by atoms with Gasteiger partial charge in [0, 0.05) is 17.3 Å². The third kappa shape index (κ3) is 3.75. The number of carbonyl (C=O) groups is 1. The Labute approximate surface area is 172 Å². The Bertz CT molecular complexity index is 1340. The summed E-state index contributed by atoms with van der Waals surface area (Å²) in [6, 6.07) is 17.4. The third-order valence-electron chi connectivity index (χ3n) is 4.69. The minimum absolute atomic E-state index is 0.139. The van der Waals surface area contributed by atoms with E-state index in [4.69, 9.17) is 13.9 Å². The molecule has 0 saturated carbocycles. The molecule has 0 unspecified atom stereocenters. The summed E-state index contributed by atoms with van der Waals surface area (Å²) in [5.74, 6) is 0.934. The van der Waals surface area contributed by atoms with E-state index in [0.29, 0.717) is 44.7 Å². The minimum Gasteiger partial charge on any atom is -0.497 e. The minimum atomic E-state index is -0.343. The van der Waals surface area contributed by atoms with Gasteiger partial charge in [0.25, 0.3) is 0 Å². The first-order chi connectivity index (χ1) is 14.6. The highest BCUT2D eigenvalue weighted by Gasteiger charge is 2.09. The van der Waals surface area contributed by atoms with Crippen LogP contribution in [0.5, 0.6) is 11.5 Å². The number of amides is 1.